The van der Waals surface area contributed by atoms with E-state index in [-0.39, 0.29) is 33.0 Å². The van der Waals surface area contributed by atoms with Gasteiger partial charge in [0.25, 0.3) is 0 Å². The van der Waals surface area contributed by atoms with Crippen LogP contribution in [-0.2, 0) is 19.6 Å². The normalized spacial score (nSPS) is 14.6. The average Bonchev–Trinajstić information content (AvgIpc) is 3.15. The summed E-state index contributed by atoms with van der Waals surface area (Å²) in [6.07, 6.45) is 1.47. The molecule has 0 fully saturated rings. The molecule has 7 nitrogen and oxygen atoms in total. The van der Waals surface area contributed by atoms with E-state index in [2.05, 4.69) is 4.99 Å². The largest absolute Gasteiger partial charge is 0.493 e. The maximum atomic E-state index is 12.7. The molecule has 0 unspecified atom stereocenters. The van der Waals surface area contributed by atoms with E-state index in [1.165, 1.54) is 37.5 Å². The van der Waals surface area contributed by atoms with E-state index in [9.17, 15) is 13.2 Å². The van der Waals surface area contributed by atoms with Gasteiger partial charge in [0.2, 0.25) is 11.6 Å². The molecule has 0 aromatic heterocycles. The lowest BCUT2D eigenvalue weighted by molar-refractivity contribution is -0.129. The number of rotatable bonds is 6. The first-order valence-electron chi connectivity index (χ1n) is 10.1. The van der Waals surface area contributed by atoms with Gasteiger partial charge in [0.15, 0.2) is 11.4 Å². The summed E-state index contributed by atoms with van der Waals surface area (Å²) in [5.74, 6) is -0.498. The van der Waals surface area contributed by atoms with Gasteiger partial charge in [0.1, 0.15) is 4.90 Å². The van der Waals surface area contributed by atoms with Crippen LogP contribution in [0.2, 0.25) is 5.02 Å². The molecule has 0 spiro atoms. The van der Waals surface area contributed by atoms with Crippen LogP contribution in [0.3, 0.4) is 0 Å². The Balaban J connectivity index is 1.67. The molecule has 1 heterocycles. The van der Waals surface area contributed by atoms with Crippen LogP contribution in [0.25, 0.3) is 6.08 Å². The molecule has 0 atom stereocenters. The van der Waals surface area contributed by atoms with Crippen molar-refractivity contribution in [2.75, 3.05) is 7.11 Å². The van der Waals surface area contributed by atoms with Crippen molar-refractivity contribution >= 4 is 39.7 Å². The summed E-state index contributed by atoms with van der Waals surface area (Å²) in [7, 11) is -2.79. The quantitative estimate of drug-likeness (QED) is 0.268. The third-order valence-electron chi connectivity index (χ3n) is 5.05. The van der Waals surface area contributed by atoms with E-state index in [0.29, 0.717) is 11.1 Å². The van der Waals surface area contributed by atoms with E-state index in [1.807, 2.05) is 38.1 Å². The van der Waals surface area contributed by atoms with Crippen molar-refractivity contribution < 1.29 is 26.9 Å². The van der Waals surface area contributed by atoms with E-state index < -0.39 is 16.1 Å². The van der Waals surface area contributed by atoms with E-state index in [0.717, 1.165) is 11.1 Å². The van der Waals surface area contributed by atoms with Gasteiger partial charge in [0, 0.05) is 5.56 Å². The first kappa shape index (κ1) is 23.5. The predicted molar refractivity (Wildman–Crippen MR) is 129 cm³/mol. The molecule has 9 heteroatoms. The highest BCUT2D eigenvalue weighted by Crippen LogP contribution is 2.39. The number of esters is 1. The zero-order valence-corrected chi connectivity index (χ0v) is 20.1. The lowest BCUT2D eigenvalue weighted by Gasteiger charge is -2.13. The number of carbonyl (C=O) groups excluding carboxylic acids is 1. The summed E-state index contributed by atoms with van der Waals surface area (Å²) < 4.78 is 41.3. The fraction of sp³-hybridized carbons (Fsp3) is 0.120. The highest BCUT2D eigenvalue weighted by Gasteiger charge is 2.26. The van der Waals surface area contributed by atoms with Gasteiger partial charge >= 0.3 is 16.1 Å². The average molecular weight is 498 g/mol. The number of aryl methyl sites for hydroxylation is 2. The second kappa shape index (κ2) is 9.32. The number of halogens is 1. The van der Waals surface area contributed by atoms with E-state index in [4.69, 9.17) is 25.3 Å². The number of ether oxygens (including phenoxy) is 2. The van der Waals surface area contributed by atoms with Crippen LogP contribution in [0, 0.1) is 13.8 Å². The van der Waals surface area contributed by atoms with Gasteiger partial charge in [-0.1, -0.05) is 47.5 Å². The Morgan fingerprint density at radius 1 is 1.03 bits per heavy atom. The number of cyclic esters (lactones) is 1. The van der Waals surface area contributed by atoms with Gasteiger partial charge < -0.3 is 13.7 Å². The van der Waals surface area contributed by atoms with Crippen molar-refractivity contribution in [3.63, 3.8) is 0 Å². The van der Waals surface area contributed by atoms with Gasteiger partial charge in [-0.15, -0.1) is 0 Å². The third-order valence-corrected chi connectivity index (χ3v) is 6.57. The Bertz CT molecular complexity index is 1440. The summed E-state index contributed by atoms with van der Waals surface area (Å²) in [4.78, 5) is 16.7. The van der Waals surface area contributed by atoms with Crippen LogP contribution in [0.5, 0.6) is 11.5 Å². The molecule has 174 valence electrons. The number of hydrogen-bond acceptors (Lipinski definition) is 7. The van der Waals surface area contributed by atoms with Crippen LogP contribution >= 0.6 is 11.6 Å². The molecule has 4 rings (SSSR count). The summed E-state index contributed by atoms with van der Waals surface area (Å²) in [6, 6.07) is 16.6. The minimum Gasteiger partial charge on any atom is -0.493 e. The van der Waals surface area contributed by atoms with E-state index >= 15 is 0 Å². The second-order valence-corrected chi connectivity index (χ2v) is 9.49. The molecular formula is C25H20ClNO6S. The molecule has 0 amide bonds. The SMILES string of the molecule is COc1cc(C=C2N=C(c3ccccc3C)OC2=O)cc(Cl)c1OS(=O)(=O)c1ccc(C)cc1. The molecule has 0 aliphatic carbocycles. The molecule has 34 heavy (non-hydrogen) atoms. The molecule has 0 bridgehead atoms. The highest BCUT2D eigenvalue weighted by molar-refractivity contribution is 7.87. The van der Waals surface area contributed by atoms with E-state index in [1.54, 1.807) is 12.1 Å². The minimum atomic E-state index is -4.15. The fourth-order valence-electron chi connectivity index (χ4n) is 3.26. The molecule has 3 aromatic rings. The van der Waals surface area contributed by atoms with Gasteiger partial charge in [-0.3, -0.25) is 0 Å². The number of hydrogen-bond donors (Lipinski definition) is 0. The maximum absolute atomic E-state index is 12.7. The maximum Gasteiger partial charge on any atom is 0.363 e. The molecular weight excluding hydrogens is 478 g/mol. The molecule has 3 aromatic carbocycles. The summed E-state index contributed by atoms with van der Waals surface area (Å²) in [6.45, 7) is 3.74. The lowest BCUT2D eigenvalue weighted by atomic mass is 10.1. The Kier molecular flexibility index (Phi) is 6.45. The lowest BCUT2D eigenvalue weighted by Crippen LogP contribution is -2.11. The molecule has 0 radical (unpaired) electrons. The van der Waals surface area contributed by atoms with Gasteiger partial charge in [-0.2, -0.15) is 8.42 Å². The Labute approximate surface area is 202 Å². The molecule has 1 aliphatic heterocycles. The first-order chi connectivity index (χ1) is 16.2. The number of aliphatic imine (C=N–C) groups is 1. The van der Waals surface area contributed by atoms with Crippen molar-refractivity contribution in [1.82, 2.24) is 0 Å². The first-order valence-corrected chi connectivity index (χ1v) is 11.9. The monoisotopic (exact) mass is 497 g/mol. The van der Waals surface area contributed by atoms with Crippen LogP contribution in [-0.4, -0.2) is 27.4 Å². The highest BCUT2D eigenvalue weighted by atomic mass is 35.5. The van der Waals surface area contributed by atoms with Crippen molar-refractivity contribution in [1.29, 1.82) is 0 Å². The number of benzene rings is 3. The molecule has 1 aliphatic rings. The minimum absolute atomic E-state index is 0.0173. The number of methoxy groups -OCH3 is 1. The molecule has 0 saturated heterocycles. The van der Waals surface area contributed by atoms with Crippen LogP contribution < -0.4 is 8.92 Å². The summed E-state index contributed by atoms with van der Waals surface area (Å²) >= 11 is 6.35. The van der Waals surface area contributed by atoms with Crippen molar-refractivity contribution in [3.8, 4) is 11.5 Å². The van der Waals surface area contributed by atoms with Crippen LogP contribution in [0.4, 0.5) is 0 Å². The molecule has 0 N–H and O–H groups in total. The number of nitrogens with zero attached hydrogens (tertiary/aromatic N) is 1. The van der Waals surface area contributed by atoms with Crippen LogP contribution in [0.15, 0.2) is 76.2 Å². The topological polar surface area (TPSA) is 91.3 Å². The van der Waals surface area contributed by atoms with Crippen molar-refractivity contribution in [3.05, 3.63) is 93.6 Å². The van der Waals surface area contributed by atoms with Gasteiger partial charge in [0.05, 0.1) is 12.1 Å². The Hall–Kier alpha value is -3.62. The van der Waals surface area contributed by atoms with Gasteiger partial charge in [-0.05, 0) is 61.4 Å². The number of carbonyl (C=O) groups is 1. The van der Waals surface area contributed by atoms with Crippen molar-refractivity contribution in [2.24, 2.45) is 4.99 Å². The zero-order chi connectivity index (χ0) is 24.5. The summed E-state index contributed by atoms with van der Waals surface area (Å²) in [5, 5.41) is -0.0173. The smallest absolute Gasteiger partial charge is 0.363 e. The van der Waals surface area contributed by atoms with Crippen LogP contribution in [0.1, 0.15) is 22.3 Å². The molecule has 0 saturated carbocycles. The fourth-order valence-corrected chi connectivity index (χ4v) is 4.52. The summed E-state index contributed by atoms with van der Waals surface area (Å²) in [5.41, 5.74) is 3.04. The predicted octanol–water partition coefficient (Wildman–Crippen LogP) is 5.08. The van der Waals surface area contributed by atoms with Crippen molar-refractivity contribution in [2.45, 2.75) is 18.7 Å². The Morgan fingerprint density at radius 2 is 1.74 bits per heavy atom. The standard InChI is InChI=1S/C25H20ClNO6S/c1-15-8-10-18(11-9-15)34(29,30)33-23-20(26)12-17(14-22(23)31-3)13-21-25(28)32-24(27-21)19-7-5-4-6-16(19)2/h4-14H,1-3H3. The Morgan fingerprint density at radius 3 is 2.41 bits per heavy atom. The van der Waals surface area contributed by atoms with Gasteiger partial charge in [-0.25, -0.2) is 9.79 Å². The second-order valence-electron chi connectivity index (χ2n) is 7.54. The zero-order valence-electron chi connectivity index (χ0n) is 18.5. The third kappa shape index (κ3) is 4.83.